The molecule has 4 aromatic rings. The fraction of sp³-hybridized carbons (Fsp3) is 0.111. The summed E-state index contributed by atoms with van der Waals surface area (Å²) < 4.78 is 29.4. The van der Waals surface area contributed by atoms with Crippen LogP contribution in [0.5, 0.6) is 11.5 Å². The lowest BCUT2D eigenvalue weighted by atomic mass is 10.1. The highest BCUT2D eigenvalue weighted by molar-refractivity contribution is 6.01. The molecule has 0 unspecified atom stereocenters. The lowest BCUT2D eigenvalue weighted by Gasteiger charge is -2.11. The van der Waals surface area contributed by atoms with Gasteiger partial charge in [-0.1, -0.05) is 35.5 Å². The van der Waals surface area contributed by atoms with E-state index in [1.54, 1.807) is 32.0 Å². The van der Waals surface area contributed by atoms with Crippen molar-refractivity contribution in [3.8, 4) is 22.8 Å². The first-order valence-electron chi connectivity index (χ1n) is 11.1. The van der Waals surface area contributed by atoms with Crippen molar-refractivity contribution in [2.75, 3.05) is 6.61 Å². The number of esters is 1. The Labute approximate surface area is 206 Å². The molecule has 0 fully saturated rings. The van der Waals surface area contributed by atoms with Crippen molar-refractivity contribution in [1.82, 2.24) is 10.6 Å². The Morgan fingerprint density at radius 2 is 1.81 bits per heavy atom. The van der Waals surface area contributed by atoms with E-state index in [0.29, 0.717) is 29.4 Å². The molecular weight excluding hydrogens is 465 g/mol. The van der Waals surface area contributed by atoms with Crippen LogP contribution < -0.4 is 14.9 Å². The minimum absolute atomic E-state index is 0.194. The van der Waals surface area contributed by atoms with Crippen LogP contribution in [0.25, 0.3) is 11.3 Å². The van der Waals surface area contributed by atoms with Crippen molar-refractivity contribution in [3.05, 3.63) is 101 Å². The number of nitrogens with zero attached hydrogens (tertiary/aromatic N) is 2. The van der Waals surface area contributed by atoms with Crippen molar-refractivity contribution in [2.45, 2.75) is 13.8 Å². The maximum atomic E-state index is 13.1. The summed E-state index contributed by atoms with van der Waals surface area (Å²) in [6.07, 6.45) is 1.43. The highest BCUT2D eigenvalue weighted by Gasteiger charge is 2.21. The van der Waals surface area contributed by atoms with Crippen LogP contribution in [-0.4, -0.2) is 29.9 Å². The van der Waals surface area contributed by atoms with E-state index < -0.39 is 17.7 Å². The first-order valence-corrected chi connectivity index (χ1v) is 11.1. The summed E-state index contributed by atoms with van der Waals surface area (Å²) in [6.45, 7) is 3.77. The quantitative estimate of drug-likeness (QED) is 0.159. The van der Waals surface area contributed by atoms with Crippen molar-refractivity contribution in [2.24, 2.45) is 5.10 Å². The number of carbonyl (C=O) groups is 2. The molecule has 1 amide bonds. The number of carbonyl (C=O) groups excluding carboxylic acids is 2. The first kappa shape index (κ1) is 24.3. The summed E-state index contributed by atoms with van der Waals surface area (Å²) in [7, 11) is 0. The van der Waals surface area contributed by atoms with Gasteiger partial charge in [0.25, 0.3) is 5.91 Å². The molecule has 1 N–H and O–H groups in total. The van der Waals surface area contributed by atoms with Crippen molar-refractivity contribution < 1.29 is 28.0 Å². The fourth-order valence-corrected chi connectivity index (χ4v) is 3.36. The zero-order chi connectivity index (χ0) is 25.5. The van der Waals surface area contributed by atoms with Gasteiger partial charge in [-0.05, 0) is 61.9 Å². The van der Waals surface area contributed by atoms with E-state index in [1.807, 2.05) is 30.3 Å². The van der Waals surface area contributed by atoms with Crippen LogP contribution in [0.1, 0.15) is 39.0 Å². The lowest BCUT2D eigenvalue weighted by Crippen LogP contribution is -2.18. The molecule has 0 atom stereocenters. The molecule has 0 aliphatic rings. The maximum Gasteiger partial charge on any atom is 0.343 e. The van der Waals surface area contributed by atoms with E-state index in [1.165, 1.54) is 30.5 Å². The van der Waals surface area contributed by atoms with Gasteiger partial charge in [0.1, 0.15) is 22.8 Å². The van der Waals surface area contributed by atoms with E-state index in [0.717, 1.165) is 5.56 Å². The molecule has 4 rings (SSSR count). The van der Waals surface area contributed by atoms with Crippen LogP contribution in [0.2, 0.25) is 0 Å². The predicted octanol–water partition coefficient (Wildman–Crippen LogP) is 5.17. The summed E-state index contributed by atoms with van der Waals surface area (Å²) in [5.74, 6) is -0.702. The van der Waals surface area contributed by atoms with Gasteiger partial charge in [0.05, 0.1) is 18.4 Å². The third-order valence-electron chi connectivity index (χ3n) is 5.07. The number of benzene rings is 3. The minimum Gasteiger partial charge on any atom is -0.490 e. The normalized spacial score (nSPS) is 10.9. The molecule has 36 heavy (non-hydrogen) atoms. The molecule has 0 spiro atoms. The van der Waals surface area contributed by atoms with Gasteiger partial charge < -0.3 is 14.0 Å². The highest BCUT2D eigenvalue weighted by Crippen LogP contribution is 2.29. The second-order valence-corrected chi connectivity index (χ2v) is 7.56. The predicted molar refractivity (Wildman–Crippen MR) is 131 cm³/mol. The van der Waals surface area contributed by atoms with Crippen LogP contribution in [0, 0.1) is 12.7 Å². The first-order chi connectivity index (χ1) is 17.5. The molecule has 0 aliphatic heterocycles. The zero-order valence-electron chi connectivity index (χ0n) is 19.5. The Balaban J connectivity index is 1.47. The summed E-state index contributed by atoms with van der Waals surface area (Å²) in [4.78, 5) is 25.2. The van der Waals surface area contributed by atoms with Gasteiger partial charge in [-0.3, -0.25) is 4.79 Å². The van der Waals surface area contributed by atoms with Gasteiger partial charge in [0.2, 0.25) is 0 Å². The molecule has 1 aromatic heterocycles. The number of amides is 1. The van der Waals surface area contributed by atoms with Gasteiger partial charge in [-0.15, -0.1) is 0 Å². The molecule has 3 aromatic carbocycles. The highest BCUT2D eigenvalue weighted by atomic mass is 19.1. The second kappa shape index (κ2) is 11.1. The summed E-state index contributed by atoms with van der Waals surface area (Å²) in [5, 5.41) is 8.03. The van der Waals surface area contributed by atoms with Gasteiger partial charge in [0, 0.05) is 5.56 Å². The Morgan fingerprint density at radius 1 is 1.06 bits per heavy atom. The average Bonchev–Trinajstić information content (AvgIpc) is 3.28. The monoisotopic (exact) mass is 487 g/mol. The standard InChI is InChI=1S/C27H22FN3O5/c1-3-34-23-15-18(9-14-22(23)35-27(33)20-10-12-21(28)13-11-20)16-29-30-26(32)24-17(2)36-31-25(24)19-7-5-4-6-8-19/h4-16H,3H2,1-2H3,(H,30,32). The third kappa shape index (κ3) is 5.64. The number of ether oxygens (including phenoxy) is 2. The minimum atomic E-state index is -0.650. The number of nitrogens with one attached hydrogen (secondary N) is 1. The van der Waals surface area contributed by atoms with Crippen LogP contribution in [-0.2, 0) is 0 Å². The molecule has 0 saturated heterocycles. The molecule has 9 heteroatoms. The number of hydrogen-bond acceptors (Lipinski definition) is 7. The SMILES string of the molecule is CCOc1cc(C=NNC(=O)c2c(-c3ccccc3)noc2C)ccc1OC(=O)c1ccc(F)cc1. The molecule has 0 bridgehead atoms. The van der Waals surface area contributed by atoms with E-state index in [4.69, 9.17) is 14.0 Å². The molecule has 182 valence electrons. The topological polar surface area (TPSA) is 103 Å². The van der Waals surface area contributed by atoms with Crippen LogP contribution in [0.15, 0.2) is 82.4 Å². The van der Waals surface area contributed by atoms with Crippen LogP contribution in [0.4, 0.5) is 4.39 Å². The fourth-order valence-electron chi connectivity index (χ4n) is 3.36. The number of hydrazone groups is 1. The smallest absolute Gasteiger partial charge is 0.343 e. The van der Waals surface area contributed by atoms with Crippen LogP contribution >= 0.6 is 0 Å². The third-order valence-corrected chi connectivity index (χ3v) is 5.07. The van der Waals surface area contributed by atoms with Crippen LogP contribution in [0.3, 0.4) is 0 Å². The summed E-state index contributed by atoms with van der Waals surface area (Å²) in [6, 6.07) is 19.1. The largest absolute Gasteiger partial charge is 0.490 e. The van der Waals surface area contributed by atoms with Crippen molar-refractivity contribution in [1.29, 1.82) is 0 Å². The van der Waals surface area contributed by atoms with Gasteiger partial charge in [-0.25, -0.2) is 14.6 Å². The number of aromatic nitrogens is 1. The zero-order valence-corrected chi connectivity index (χ0v) is 19.5. The number of rotatable bonds is 8. The molecule has 0 aliphatic carbocycles. The van der Waals surface area contributed by atoms with E-state index >= 15 is 0 Å². The Bertz CT molecular complexity index is 1400. The molecule has 0 saturated carbocycles. The number of aryl methyl sites for hydroxylation is 1. The second-order valence-electron chi connectivity index (χ2n) is 7.56. The summed E-state index contributed by atoms with van der Waals surface area (Å²) >= 11 is 0. The Morgan fingerprint density at radius 3 is 2.53 bits per heavy atom. The Hall–Kier alpha value is -4.79. The van der Waals surface area contributed by atoms with Crippen molar-refractivity contribution >= 4 is 18.1 Å². The Kier molecular flexibility index (Phi) is 7.50. The maximum absolute atomic E-state index is 13.1. The average molecular weight is 487 g/mol. The van der Waals surface area contributed by atoms with Gasteiger partial charge in [-0.2, -0.15) is 5.10 Å². The molecular formula is C27H22FN3O5. The molecule has 1 heterocycles. The van der Waals surface area contributed by atoms with E-state index in [9.17, 15) is 14.0 Å². The van der Waals surface area contributed by atoms with E-state index in [-0.39, 0.29) is 16.9 Å². The van der Waals surface area contributed by atoms with Gasteiger partial charge in [0.15, 0.2) is 11.5 Å². The molecule has 8 nitrogen and oxygen atoms in total. The summed E-state index contributed by atoms with van der Waals surface area (Å²) in [5.41, 5.74) is 4.73. The number of halogens is 1. The molecule has 0 radical (unpaired) electrons. The lowest BCUT2D eigenvalue weighted by molar-refractivity contribution is 0.0728. The van der Waals surface area contributed by atoms with Crippen molar-refractivity contribution in [3.63, 3.8) is 0 Å². The van der Waals surface area contributed by atoms with Gasteiger partial charge >= 0.3 is 5.97 Å². The number of hydrogen-bond donors (Lipinski definition) is 1. The van der Waals surface area contributed by atoms with E-state index in [2.05, 4.69) is 15.7 Å².